The minimum Gasteiger partial charge on any atom is -0.457 e. The summed E-state index contributed by atoms with van der Waals surface area (Å²) >= 11 is 0. The molecule has 0 aliphatic carbocycles. The van der Waals surface area contributed by atoms with Gasteiger partial charge in [-0.1, -0.05) is 18.2 Å². The van der Waals surface area contributed by atoms with Crippen molar-refractivity contribution in [2.75, 3.05) is 0 Å². The van der Waals surface area contributed by atoms with Crippen molar-refractivity contribution < 1.29 is 9.53 Å². The Labute approximate surface area is 145 Å². The van der Waals surface area contributed by atoms with Gasteiger partial charge >= 0.3 is 0 Å². The molecule has 0 amide bonds. The van der Waals surface area contributed by atoms with Gasteiger partial charge in [0.2, 0.25) is 0 Å². The summed E-state index contributed by atoms with van der Waals surface area (Å²) in [6, 6.07) is 22.9. The fraction of sp³-hybridized carbons (Fsp3) is 0.0476. The summed E-state index contributed by atoms with van der Waals surface area (Å²) in [4.78, 5) is 19.4. The molecule has 0 radical (unpaired) electrons. The van der Waals surface area contributed by atoms with Gasteiger partial charge in [-0.05, 0) is 61.5 Å². The number of para-hydroxylation sites is 1. The number of carbonyl (C=O) groups is 1. The number of H-pyrrole nitrogens is 1. The van der Waals surface area contributed by atoms with E-state index in [1.807, 2.05) is 66.7 Å². The third kappa shape index (κ3) is 3.15. The van der Waals surface area contributed by atoms with Crippen molar-refractivity contribution in [3.8, 4) is 22.9 Å². The molecular weight excluding hydrogens is 312 g/mol. The highest BCUT2D eigenvalue weighted by Crippen LogP contribution is 2.26. The van der Waals surface area contributed by atoms with Gasteiger partial charge < -0.3 is 9.72 Å². The summed E-state index contributed by atoms with van der Waals surface area (Å²) in [5.74, 6) is 2.38. The summed E-state index contributed by atoms with van der Waals surface area (Å²) < 4.78 is 5.80. The van der Waals surface area contributed by atoms with Crippen LogP contribution in [0.2, 0.25) is 0 Å². The van der Waals surface area contributed by atoms with E-state index in [4.69, 9.17) is 4.74 Å². The first-order chi connectivity index (χ1) is 12.2. The molecule has 4 heteroatoms. The van der Waals surface area contributed by atoms with Gasteiger partial charge in [-0.15, -0.1) is 0 Å². The predicted octanol–water partition coefficient (Wildman–Crippen LogP) is 5.22. The monoisotopic (exact) mass is 328 g/mol. The van der Waals surface area contributed by atoms with Crippen LogP contribution in [-0.4, -0.2) is 15.8 Å². The Balaban J connectivity index is 1.61. The number of fused-ring (bicyclic) bond motifs is 1. The largest absolute Gasteiger partial charge is 0.457 e. The number of benzene rings is 3. The molecule has 0 bridgehead atoms. The Hall–Kier alpha value is -3.40. The average Bonchev–Trinajstić information content (AvgIpc) is 3.06. The molecule has 0 unspecified atom stereocenters. The topological polar surface area (TPSA) is 55.0 Å². The standard InChI is InChI=1S/C21H16N2O2/c1-14(24)16-9-12-19-20(13-16)23-21(22-19)15-7-10-18(11-8-15)25-17-5-3-2-4-6-17/h2-13H,1H3,(H,22,23). The second kappa shape index (κ2) is 6.24. The lowest BCUT2D eigenvalue weighted by Gasteiger charge is -2.05. The molecule has 0 aliphatic rings. The van der Waals surface area contributed by atoms with E-state index in [-0.39, 0.29) is 5.78 Å². The zero-order valence-corrected chi connectivity index (χ0v) is 13.7. The van der Waals surface area contributed by atoms with Crippen LogP contribution in [0.3, 0.4) is 0 Å². The molecule has 1 heterocycles. The number of nitrogens with one attached hydrogen (secondary N) is 1. The summed E-state index contributed by atoms with van der Waals surface area (Å²) in [5, 5.41) is 0. The van der Waals surface area contributed by atoms with E-state index in [2.05, 4.69) is 9.97 Å². The Morgan fingerprint density at radius 1 is 0.920 bits per heavy atom. The minimum absolute atomic E-state index is 0.0421. The first-order valence-corrected chi connectivity index (χ1v) is 8.03. The van der Waals surface area contributed by atoms with Crippen LogP contribution >= 0.6 is 0 Å². The second-order valence-electron chi connectivity index (χ2n) is 5.81. The third-order valence-corrected chi connectivity index (χ3v) is 4.00. The molecule has 4 nitrogen and oxygen atoms in total. The highest BCUT2D eigenvalue weighted by molar-refractivity contribution is 5.97. The van der Waals surface area contributed by atoms with Gasteiger partial charge in [0.15, 0.2) is 5.78 Å². The summed E-state index contributed by atoms with van der Waals surface area (Å²) in [5.41, 5.74) is 3.33. The highest BCUT2D eigenvalue weighted by atomic mass is 16.5. The van der Waals surface area contributed by atoms with Crippen molar-refractivity contribution in [2.24, 2.45) is 0 Å². The van der Waals surface area contributed by atoms with Crippen LogP contribution in [0.1, 0.15) is 17.3 Å². The maximum Gasteiger partial charge on any atom is 0.159 e. The number of hydrogen-bond acceptors (Lipinski definition) is 3. The quantitative estimate of drug-likeness (QED) is 0.522. The van der Waals surface area contributed by atoms with Gasteiger partial charge in [0.1, 0.15) is 17.3 Å². The van der Waals surface area contributed by atoms with Crippen LogP contribution in [0.15, 0.2) is 72.8 Å². The van der Waals surface area contributed by atoms with E-state index in [0.29, 0.717) is 5.56 Å². The maximum absolute atomic E-state index is 11.5. The van der Waals surface area contributed by atoms with Gasteiger partial charge in [0, 0.05) is 11.1 Å². The molecule has 4 aromatic rings. The highest BCUT2D eigenvalue weighted by Gasteiger charge is 2.08. The number of nitrogens with zero attached hydrogens (tertiary/aromatic N) is 1. The molecular formula is C21H16N2O2. The molecule has 1 aromatic heterocycles. The zero-order valence-electron chi connectivity index (χ0n) is 13.7. The third-order valence-electron chi connectivity index (χ3n) is 4.00. The van der Waals surface area contributed by atoms with Crippen molar-refractivity contribution in [3.63, 3.8) is 0 Å². The Bertz CT molecular complexity index is 1030. The van der Waals surface area contributed by atoms with Crippen molar-refractivity contribution in [1.82, 2.24) is 9.97 Å². The number of rotatable bonds is 4. The molecule has 25 heavy (non-hydrogen) atoms. The lowest BCUT2D eigenvalue weighted by molar-refractivity contribution is 0.101. The van der Waals surface area contributed by atoms with E-state index in [1.54, 1.807) is 13.0 Å². The first-order valence-electron chi connectivity index (χ1n) is 8.03. The normalized spacial score (nSPS) is 10.8. The summed E-state index contributed by atoms with van der Waals surface area (Å²) in [7, 11) is 0. The number of aromatic amines is 1. The number of ketones is 1. The number of Topliss-reactive ketones (excluding diaryl/α,β-unsaturated/α-hetero) is 1. The molecule has 122 valence electrons. The van der Waals surface area contributed by atoms with E-state index in [9.17, 15) is 4.79 Å². The molecule has 0 saturated heterocycles. The number of hydrogen-bond donors (Lipinski definition) is 1. The zero-order chi connectivity index (χ0) is 17.2. The molecule has 0 saturated carbocycles. The van der Waals surface area contributed by atoms with E-state index in [0.717, 1.165) is 33.9 Å². The number of carbonyl (C=O) groups excluding carboxylic acids is 1. The second-order valence-corrected chi connectivity index (χ2v) is 5.81. The SMILES string of the molecule is CC(=O)c1ccc2nc(-c3ccc(Oc4ccccc4)cc3)[nH]c2c1. The van der Waals surface area contributed by atoms with E-state index in [1.165, 1.54) is 0 Å². The predicted molar refractivity (Wildman–Crippen MR) is 98.1 cm³/mol. The lowest BCUT2D eigenvalue weighted by atomic mass is 10.1. The van der Waals surface area contributed by atoms with Crippen molar-refractivity contribution >= 4 is 16.8 Å². The van der Waals surface area contributed by atoms with Crippen LogP contribution in [0.4, 0.5) is 0 Å². The van der Waals surface area contributed by atoms with Gasteiger partial charge in [0.25, 0.3) is 0 Å². The minimum atomic E-state index is 0.0421. The molecule has 4 rings (SSSR count). The van der Waals surface area contributed by atoms with Crippen LogP contribution in [0.25, 0.3) is 22.4 Å². The van der Waals surface area contributed by atoms with Gasteiger partial charge in [-0.3, -0.25) is 4.79 Å². The van der Waals surface area contributed by atoms with Crippen LogP contribution in [0.5, 0.6) is 11.5 Å². The number of aromatic nitrogens is 2. The lowest BCUT2D eigenvalue weighted by Crippen LogP contribution is -1.90. The fourth-order valence-corrected chi connectivity index (χ4v) is 2.67. The fourth-order valence-electron chi connectivity index (χ4n) is 2.67. The van der Waals surface area contributed by atoms with Crippen molar-refractivity contribution in [2.45, 2.75) is 6.92 Å². The van der Waals surface area contributed by atoms with Crippen LogP contribution in [0, 0.1) is 0 Å². The molecule has 0 aliphatic heterocycles. The Morgan fingerprint density at radius 2 is 1.64 bits per heavy atom. The van der Waals surface area contributed by atoms with E-state index < -0.39 is 0 Å². The molecule has 3 aromatic carbocycles. The Morgan fingerprint density at radius 3 is 2.36 bits per heavy atom. The van der Waals surface area contributed by atoms with Gasteiger partial charge in [0.05, 0.1) is 11.0 Å². The molecule has 0 fully saturated rings. The number of ether oxygens (including phenoxy) is 1. The van der Waals surface area contributed by atoms with Crippen LogP contribution < -0.4 is 4.74 Å². The van der Waals surface area contributed by atoms with Gasteiger partial charge in [-0.2, -0.15) is 0 Å². The molecule has 0 atom stereocenters. The average molecular weight is 328 g/mol. The Kier molecular flexibility index (Phi) is 3.78. The maximum atomic E-state index is 11.5. The smallest absolute Gasteiger partial charge is 0.159 e. The summed E-state index contributed by atoms with van der Waals surface area (Å²) in [6.07, 6.45) is 0. The summed E-state index contributed by atoms with van der Waals surface area (Å²) in [6.45, 7) is 1.56. The van der Waals surface area contributed by atoms with Crippen molar-refractivity contribution in [3.05, 3.63) is 78.4 Å². The molecule has 0 spiro atoms. The van der Waals surface area contributed by atoms with E-state index >= 15 is 0 Å². The van der Waals surface area contributed by atoms with Gasteiger partial charge in [-0.25, -0.2) is 4.98 Å². The molecule has 1 N–H and O–H groups in total. The van der Waals surface area contributed by atoms with Crippen LogP contribution in [-0.2, 0) is 0 Å². The number of imidazole rings is 1. The van der Waals surface area contributed by atoms with Crippen molar-refractivity contribution in [1.29, 1.82) is 0 Å². The first kappa shape index (κ1) is 15.1.